The van der Waals surface area contributed by atoms with Gasteiger partial charge in [0.15, 0.2) is 5.11 Å². The van der Waals surface area contributed by atoms with Crippen LogP contribution in [0.15, 0.2) is 53.0 Å². The van der Waals surface area contributed by atoms with Gasteiger partial charge in [-0.2, -0.15) is 0 Å². The lowest BCUT2D eigenvalue weighted by atomic mass is 10.1. The topological polar surface area (TPSA) is 106 Å². The summed E-state index contributed by atoms with van der Waals surface area (Å²) in [5, 5.41) is 5.44. The van der Waals surface area contributed by atoms with Crippen molar-refractivity contribution in [3.05, 3.63) is 58.6 Å². The molecule has 198 valence electrons. The van der Waals surface area contributed by atoms with E-state index in [0.717, 1.165) is 0 Å². The van der Waals surface area contributed by atoms with Gasteiger partial charge >= 0.3 is 5.97 Å². The van der Waals surface area contributed by atoms with E-state index in [1.807, 2.05) is 32.0 Å². The average molecular weight is 593 g/mol. The van der Waals surface area contributed by atoms with Gasteiger partial charge in [0.25, 0.3) is 5.91 Å². The van der Waals surface area contributed by atoms with Crippen molar-refractivity contribution in [3.8, 4) is 11.5 Å². The van der Waals surface area contributed by atoms with Crippen LogP contribution in [0.3, 0.4) is 0 Å². The summed E-state index contributed by atoms with van der Waals surface area (Å²) < 4.78 is 17.1. The number of rotatable bonds is 10. The lowest BCUT2D eigenvalue weighted by Crippen LogP contribution is -2.60. The number of nitrogens with one attached hydrogen (secondary N) is 2. The van der Waals surface area contributed by atoms with Gasteiger partial charge in [0.05, 0.1) is 17.5 Å². The highest BCUT2D eigenvalue weighted by molar-refractivity contribution is 9.10. The van der Waals surface area contributed by atoms with E-state index in [9.17, 15) is 14.4 Å². The minimum absolute atomic E-state index is 0.0367. The molecule has 0 radical (unpaired) electrons. The molecule has 0 aromatic heterocycles. The molecule has 2 amide bonds. The molecule has 2 N–H and O–H groups in total. The van der Waals surface area contributed by atoms with Crippen molar-refractivity contribution in [2.24, 2.45) is 5.92 Å². The summed E-state index contributed by atoms with van der Waals surface area (Å²) in [6, 6.07) is 13.2. The van der Waals surface area contributed by atoms with Gasteiger partial charge in [0, 0.05) is 18.7 Å². The van der Waals surface area contributed by atoms with Crippen molar-refractivity contribution in [2.45, 2.75) is 26.3 Å². The molecule has 11 heteroatoms. The number of benzene rings is 2. The summed E-state index contributed by atoms with van der Waals surface area (Å²) in [5.74, 6) is 0.289. The largest absolute Gasteiger partial charge is 0.492 e. The third-order valence-corrected chi connectivity index (χ3v) is 6.25. The number of carbonyl (C=O) groups excluding carboxylic acids is 3. The van der Waals surface area contributed by atoms with E-state index in [4.69, 9.17) is 26.4 Å². The van der Waals surface area contributed by atoms with Crippen molar-refractivity contribution in [1.82, 2.24) is 15.5 Å². The molecule has 1 unspecified atom stereocenters. The lowest BCUT2D eigenvalue weighted by Gasteiger charge is -2.36. The Labute approximate surface area is 230 Å². The Morgan fingerprint density at radius 2 is 1.92 bits per heavy atom. The van der Waals surface area contributed by atoms with Crippen LogP contribution in [-0.2, 0) is 14.3 Å². The van der Waals surface area contributed by atoms with Crippen LogP contribution in [0.4, 0.5) is 0 Å². The Morgan fingerprint density at radius 1 is 1.16 bits per heavy atom. The Hall–Kier alpha value is -3.18. The van der Waals surface area contributed by atoms with E-state index in [0.29, 0.717) is 47.1 Å². The number of ether oxygens (including phenoxy) is 3. The molecule has 0 bridgehead atoms. The van der Waals surface area contributed by atoms with Gasteiger partial charge in [-0.1, -0.05) is 32.0 Å². The van der Waals surface area contributed by atoms with Crippen molar-refractivity contribution in [1.29, 1.82) is 0 Å². The Bertz CT molecular complexity index is 1110. The minimum atomic E-state index is -0.900. The van der Waals surface area contributed by atoms with Crippen LogP contribution in [0.1, 0.15) is 30.6 Å². The Morgan fingerprint density at radius 3 is 2.62 bits per heavy atom. The van der Waals surface area contributed by atoms with Gasteiger partial charge in [0.1, 0.15) is 30.8 Å². The second-order valence-electron chi connectivity index (χ2n) is 8.70. The summed E-state index contributed by atoms with van der Waals surface area (Å²) in [4.78, 5) is 39.3. The molecule has 3 rings (SSSR count). The van der Waals surface area contributed by atoms with Gasteiger partial charge < -0.3 is 24.4 Å². The molecule has 0 spiro atoms. The molecule has 1 saturated heterocycles. The van der Waals surface area contributed by atoms with Gasteiger partial charge in [-0.3, -0.25) is 19.7 Å². The fourth-order valence-corrected chi connectivity index (χ4v) is 4.27. The van der Waals surface area contributed by atoms with Gasteiger partial charge in [-0.25, -0.2) is 0 Å². The molecule has 1 aliphatic heterocycles. The maximum atomic E-state index is 12.8. The van der Waals surface area contributed by atoms with Crippen molar-refractivity contribution < 1.29 is 28.6 Å². The number of carbonyl (C=O) groups is 3. The molecule has 2 aromatic rings. The minimum Gasteiger partial charge on any atom is -0.492 e. The maximum Gasteiger partial charge on any atom is 0.308 e. The van der Waals surface area contributed by atoms with Crippen molar-refractivity contribution in [2.75, 3.05) is 32.9 Å². The van der Waals surface area contributed by atoms with Crippen LogP contribution in [0, 0.1) is 5.92 Å². The first-order valence-electron chi connectivity index (χ1n) is 11.9. The Kier molecular flexibility index (Phi) is 10.7. The predicted octanol–water partition coefficient (Wildman–Crippen LogP) is 3.31. The van der Waals surface area contributed by atoms with Crippen LogP contribution in [0.5, 0.6) is 11.5 Å². The van der Waals surface area contributed by atoms with Crippen molar-refractivity contribution in [3.63, 3.8) is 0 Å². The first-order chi connectivity index (χ1) is 17.7. The van der Waals surface area contributed by atoms with E-state index >= 15 is 0 Å². The highest BCUT2D eigenvalue weighted by atomic mass is 79.9. The van der Waals surface area contributed by atoms with E-state index in [-0.39, 0.29) is 30.7 Å². The summed E-state index contributed by atoms with van der Waals surface area (Å²) in [7, 11) is 0. The predicted molar refractivity (Wildman–Crippen MR) is 146 cm³/mol. The summed E-state index contributed by atoms with van der Waals surface area (Å²) >= 11 is 8.86. The smallest absolute Gasteiger partial charge is 0.308 e. The SMILES string of the molecule is CC(C)COc1ccc(C(=O)NC(=S)N2CCNC(=O)C2CC(=O)OCCOc2ccccc2)cc1Br. The second-order valence-corrected chi connectivity index (χ2v) is 9.94. The number of hydrogen-bond donors (Lipinski definition) is 2. The third-order valence-electron chi connectivity index (χ3n) is 5.30. The Balaban J connectivity index is 1.53. The molecular weight excluding hydrogens is 562 g/mol. The molecule has 1 aliphatic rings. The van der Waals surface area contributed by atoms with Crippen LogP contribution in [0.2, 0.25) is 0 Å². The van der Waals surface area contributed by atoms with Crippen LogP contribution >= 0.6 is 28.1 Å². The monoisotopic (exact) mass is 591 g/mol. The molecule has 37 heavy (non-hydrogen) atoms. The zero-order valence-corrected chi connectivity index (χ0v) is 23.1. The number of halogens is 1. The second kappa shape index (κ2) is 13.9. The molecular formula is C26H30BrN3O6S. The number of piperazine rings is 1. The van der Waals surface area contributed by atoms with Gasteiger partial charge in [-0.15, -0.1) is 0 Å². The quantitative estimate of drug-likeness (QED) is 0.246. The zero-order chi connectivity index (χ0) is 26.8. The van der Waals surface area contributed by atoms with E-state index in [2.05, 4.69) is 26.6 Å². The molecule has 9 nitrogen and oxygen atoms in total. The fraction of sp³-hybridized carbons (Fsp3) is 0.385. The number of esters is 1. The molecule has 1 atom stereocenters. The molecule has 0 saturated carbocycles. The highest BCUT2D eigenvalue weighted by Gasteiger charge is 2.34. The number of thiocarbonyl (C=S) groups is 1. The van der Waals surface area contributed by atoms with E-state index in [1.54, 1.807) is 30.3 Å². The zero-order valence-electron chi connectivity index (χ0n) is 20.7. The first kappa shape index (κ1) is 28.4. The van der Waals surface area contributed by atoms with Crippen LogP contribution in [0.25, 0.3) is 0 Å². The molecule has 1 heterocycles. The van der Waals surface area contributed by atoms with E-state index < -0.39 is 17.9 Å². The highest BCUT2D eigenvalue weighted by Crippen LogP contribution is 2.26. The van der Waals surface area contributed by atoms with Crippen molar-refractivity contribution >= 4 is 51.0 Å². The molecule has 2 aromatic carbocycles. The lowest BCUT2D eigenvalue weighted by molar-refractivity contribution is -0.148. The van der Waals surface area contributed by atoms with Gasteiger partial charge in [0.2, 0.25) is 5.91 Å². The standard InChI is InChI=1S/C26H30BrN3O6S/c1-17(2)16-36-22-9-8-18(14-20(22)27)24(32)29-26(37)30-11-10-28-25(33)21(30)15-23(31)35-13-12-34-19-6-4-3-5-7-19/h3-9,14,17,21H,10-13,15-16H2,1-2H3,(H,28,33)(H,29,32,37). The number of hydrogen-bond acceptors (Lipinski definition) is 7. The van der Waals surface area contributed by atoms with Crippen LogP contribution in [-0.4, -0.2) is 66.7 Å². The average Bonchev–Trinajstić information content (AvgIpc) is 2.87. The molecule has 1 fully saturated rings. The summed E-state index contributed by atoms with van der Waals surface area (Å²) in [6.45, 7) is 5.53. The maximum absolute atomic E-state index is 12.8. The van der Waals surface area contributed by atoms with Gasteiger partial charge in [-0.05, 0) is 64.4 Å². The summed E-state index contributed by atoms with van der Waals surface area (Å²) in [6.07, 6.45) is -0.222. The number of para-hydroxylation sites is 1. The number of amides is 2. The third kappa shape index (κ3) is 8.71. The van der Waals surface area contributed by atoms with Crippen LogP contribution < -0.4 is 20.1 Å². The number of nitrogens with zero attached hydrogens (tertiary/aromatic N) is 1. The van der Waals surface area contributed by atoms with E-state index in [1.165, 1.54) is 4.90 Å². The first-order valence-corrected chi connectivity index (χ1v) is 13.1. The fourth-order valence-electron chi connectivity index (χ4n) is 3.47. The normalized spacial score (nSPS) is 15.1. The molecule has 0 aliphatic carbocycles. The summed E-state index contributed by atoms with van der Waals surface area (Å²) in [5.41, 5.74) is 0.363.